The highest BCUT2D eigenvalue weighted by Gasteiger charge is 2.28. The fourth-order valence-electron chi connectivity index (χ4n) is 2.48. The van der Waals surface area contributed by atoms with Crippen LogP contribution in [0.2, 0.25) is 0 Å². The Morgan fingerprint density at radius 1 is 0.903 bits per heavy atom. The van der Waals surface area contributed by atoms with Crippen molar-refractivity contribution in [3.63, 3.8) is 0 Å². The van der Waals surface area contributed by atoms with E-state index in [0.717, 1.165) is 0 Å². The summed E-state index contributed by atoms with van der Waals surface area (Å²) < 4.78 is 0. The third-order valence-electron chi connectivity index (χ3n) is 4.12. The first-order valence-corrected chi connectivity index (χ1v) is 9.35. The largest absolute Gasteiger partial charge is 0.508 e. The number of carboxylic acids is 2. The van der Waals surface area contributed by atoms with Gasteiger partial charge in [0.05, 0.1) is 6.04 Å². The van der Waals surface area contributed by atoms with Crippen molar-refractivity contribution >= 4 is 29.7 Å². The van der Waals surface area contributed by atoms with E-state index in [9.17, 15) is 29.1 Å². The molecule has 0 radical (unpaired) electrons. The topological polar surface area (TPSA) is 208 Å². The minimum absolute atomic E-state index is 0.00698. The van der Waals surface area contributed by atoms with E-state index in [1.165, 1.54) is 31.2 Å². The Morgan fingerprint density at radius 2 is 1.48 bits per heavy atom. The fraction of sp³-hybridized carbons (Fsp3) is 0.421. The Morgan fingerprint density at radius 3 is 2.00 bits per heavy atom. The molecule has 3 amide bonds. The molecule has 0 aliphatic carbocycles. The van der Waals surface area contributed by atoms with Crippen molar-refractivity contribution in [3.8, 4) is 5.75 Å². The van der Waals surface area contributed by atoms with Gasteiger partial charge >= 0.3 is 11.9 Å². The first kappa shape index (κ1) is 25.4. The summed E-state index contributed by atoms with van der Waals surface area (Å²) in [4.78, 5) is 58.6. The van der Waals surface area contributed by atoms with Gasteiger partial charge in [0.25, 0.3) is 0 Å². The predicted molar refractivity (Wildman–Crippen MR) is 107 cm³/mol. The van der Waals surface area contributed by atoms with Crippen LogP contribution in [0.25, 0.3) is 0 Å². The number of nitrogens with one attached hydrogen (secondary N) is 3. The van der Waals surface area contributed by atoms with Gasteiger partial charge in [0.15, 0.2) is 0 Å². The van der Waals surface area contributed by atoms with E-state index < -0.39 is 60.8 Å². The molecule has 12 nitrogen and oxygen atoms in total. The highest BCUT2D eigenvalue weighted by molar-refractivity contribution is 5.93. The molecule has 3 atom stereocenters. The van der Waals surface area contributed by atoms with Gasteiger partial charge in [0, 0.05) is 12.8 Å². The van der Waals surface area contributed by atoms with Gasteiger partial charge in [-0.2, -0.15) is 0 Å². The number of nitrogens with two attached hydrogens (primary N) is 1. The summed E-state index contributed by atoms with van der Waals surface area (Å²) >= 11 is 0. The van der Waals surface area contributed by atoms with Crippen LogP contribution < -0.4 is 21.7 Å². The van der Waals surface area contributed by atoms with Gasteiger partial charge in [-0.25, -0.2) is 0 Å². The zero-order chi connectivity index (χ0) is 23.6. The Balaban J connectivity index is 3.00. The average Bonchev–Trinajstić information content (AvgIpc) is 2.69. The Hall–Kier alpha value is -3.67. The van der Waals surface area contributed by atoms with Crippen molar-refractivity contribution in [1.29, 1.82) is 0 Å². The summed E-state index contributed by atoms with van der Waals surface area (Å²) in [7, 11) is 0. The molecule has 0 bridgehead atoms. The van der Waals surface area contributed by atoms with Crippen LogP contribution in [-0.4, -0.2) is 69.7 Å². The minimum atomic E-state index is -1.34. The quantitative estimate of drug-likeness (QED) is 0.198. The van der Waals surface area contributed by atoms with Crippen LogP contribution in [0, 0.1) is 0 Å². The van der Waals surface area contributed by atoms with E-state index in [1.54, 1.807) is 0 Å². The molecule has 0 aliphatic rings. The second-order valence-electron chi connectivity index (χ2n) is 6.83. The molecule has 0 saturated carbocycles. The number of amides is 3. The smallest absolute Gasteiger partial charge is 0.322 e. The van der Waals surface area contributed by atoms with Gasteiger partial charge in [0.1, 0.15) is 24.4 Å². The van der Waals surface area contributed by atoms with E-state index in [2.05, 4.69) is 16.0 Å². The number of hydrogen-bond donors (Lipinski definition) is 7. The first-order chi connectivity index (χ1) is 14.5. The summed E-state index contributed by atoms with van der Waals surface area (Å²) in [5.74, 6) is -4.81. The number of aliphatic carboxylic acids is 2. The molecule has 1 aromatic carbocycles. The monoisotopic (exact) mass is 438 g/mol. The molecule has 12 heteroatoms. The minimum Gasteiger partial charge on any atom is -0.508 e. The van der Waals surface area contributed by atoms with Crippen LogP contribution in [0.15, 0.2) is 24.3 Å². The van der Waals surface area contributed by atoms with Crippen LogP contribution in [0.1, 0.15) is 25.3 Å². The number of aromatic hydroxyl groups is 1. The molecule has 31 heavy (non-hydrogen) atoms. The Labute approximate surface area is 177 Å². The summed E-state index contributed by atoms with van der Waals surface area (Å²) in [6, 6.07) is 2.45. The molecule has 0 saturated heterocycles. The molecular formula is C19H26N4O8. The molecule has 0 heterocycles. The Kier molecular flexibility index (Phi) is 9.92. The summed E-state index contributed by atoms with van der Waals surface area (Å²) in [5, 5.41) is 33.9. The molecule has 8 N–H and O–H groups in total. The van der Waals surface area contributed by atoms with Crippen molar-refractivity contribution in [2.45, 2.75) is 44.3 Å². The maximum Gasteiger partial charge on any atom is 0.322 e. The molecule has 1 aromatic rings. The van der Waals surface area contributed by atoms with Crippen LogP contribution in [0.5, 0.6) is 5.75 Å². The SMILES string of the molecule is C[C@H](N)C(=O)N[C@@H](Cc1ccc(O)cc1)C(=O)N[C@@H](CCC(=O)O)C(=O)NCC(=O)O. The fourth-order valence-corrected chi connectivity index (χ4v) is 2.48. The maximum absolute atomic E-state index is 12.8. The number of carbonyl (C=O) groups excluding carboxylic acids is 3. The molecule has 0 aliphatic heterocycles. The van der Waals surface area contributed by atoms with Crippen molar-refractivity contribution < 1.29 is 39.3 Å². The zero-order valence-electron chi connectivity index (χ0n) is 16.8. The summed E-state index contributed by atoms with van der Waals surface area (Å²) in [5.41, 5.74) is 6.12. The number of phenolic OH excluding ortho intramolecular Hbond substituents is 1. The Bertz CT molecular complexity index is 810. The van der Waals surface area contributed by atoms with E-state index in [4.69, 9.17) is 15.9 Å². The highest BCUT2D eigenvalue weighted by atomic mass is 16.4. The normalized spacial score (nSPS) is 13.4. The number of rotatable bonds is 12. The lowest BCUT2D eigenvalue weighted by Gasteiger charge is -2.23. The van der Waals surface area contributed by atoms with Crippen LogP contribution in [0.4, 0.5) is 0 Å². The summed E-state index contributed by atoms with van der Waals surface area (Å²) in [6.45, 7) is 0.705. The van der Waals surface area contributed by atoms with Crippen molar-refractivity contribution in [1.82, 2.24) is 16.0 Å². The zero-order valence-corrected chi connectivity index (χ0v) is 16.8. The second-order valence-corrected chi connectivity index (χ2v) is 6.83. The standard InChI is InChI=1S/C19H26N4O8/c1-10(20)17(29)23-14(8-11-2-4-12(24)5-3-11)19(31)22-13(6-7-15(25)26)18(30)21-9-16(27)28/h2-5,10,13-14,24H,6-9,20H2,1H3,(H,21,30)(H,22,31)(H,23,29)(H,25,26)(H,27,28)/t10-,13-,14-/m0/s1. The number of carbonyl (C=O) groups is 5. The number of phenols is 1. The number of carboxylic acid groups (broad SMARTS) is 2. The van der Waals surface area contributed by atoms with E-state index in [-0.39, 0.29) is 18.6 Å². The van der Waals surface area contributed by atoms with E-state index in [1.807, 2.05) is 0 Å². The van der Waals surface area contributed by atoms with Crippen molar-refractivity contribution in [2.24, 2.45) is 5.73 Å². The van der Waals surface area contributed by atoms with Crippen molar-refractivity contribution in [2.75, 3.05) is 6.54 Å². The number of hydrogen-bond acceptors (Lipinski definition) is 7. The molecule has 0 unspecified atom stereocenters. The van der Waals surface area contributed by atoms with Gasteiger partial charge in [-0.15, -0.1) is 0 Å². The van der Waals surface area contributed by atoms with Gasteiger partial charge in [-0.1, -0.05) is 12.1 Å². The molecule has 1 rings (SSSR count). The molecule has 0 fully saturated rings. The van der Waals surface area contributed by atoms with Crippen LogP contribution in [0.3, 0.4) is 0 Å². The molecule has 0 aromatic heterocycles. The van der Waals surface area contributed by atoms with Crippen molar-refractivity contribution in [3.05, 3.63) is 29.8 Å². The third kappa shape index (κ3) is 9.58. The lowest BCUT2D eigenvalue weighted by Crippen LogP contribution is -2.56. The highest BCUT2D eigenvalue weighted by Crippen LogP contribution is 2.12. The second kappa shape index (κ2) is 12.1. The maximum atomic E-state index is 12.8. The first-order valence-electron chi connectivity index (χ1n) is 9.35. The van der Waals surface area contributed by atoms with Gasteiger partial charge in [-0.05, 0) is 31.0 Å². The average molecular weight is 438 g/mol. The van der Waals surface area contributed by atoms with Crippen LogP contribution >= 0.6 is 0 Å². The number of benzene rings is 1. The van der Waals surface area contributed by atoms with Gasteiger partial charge < -0.3 is 37.0 Å². The lowest BCUT2D eigenvalue weighted by molar-refractivity contribution is -0.140. The van der Waals surface area contributed by atoms with Gasteiger partial charge in [-0.3, -0.25) is 24.0 Å². The molecule has 0 spiro atoms. The third-order valence-corrected chi connectivity index (χ3v) is 4.12. The molecular weight excluding hydrogens is 412 g/mol. The molecule has 170 valence electrons. The van der Waals surface area contributed by atoms with E-state index >= 15 is 0 Å². The predicted octanol–water partition coefficient (Wildman–Crippen LogP) is -1.68. The van der Waals surface area contributed by atoms with Crippen LogP contribution in [-0.2, 0) is 30.4 Å². The summed E-state index contributed by atoms with van der Waals surface area (Å²) in [6.07, 6.45) is -0.757. The lowest BCUT2D eigenvalue weighted by atomic mass is 10.0. The van der Waals surface area contributed by atoms with Gasteiger partial charge in [0.2, 0.25) is 17.7 Å². The van der Waals surface area contributed by atoms with E-state index in [0.29, 0.717) is 5.56 Å².